The quantitative estimate of drug-likeness (QED) is 0.362. The van der Waals surface area contributed by atoms with Gasteiger partial charge in [-0.2, -0.15) is 0 Å². The standard InChI is InChI=1S/C19H32O2Si/c1-8-19(20)21-18-11-9-17(10-12-18)13-22(14(2)3,15(4)5)16(6)7/h9-12,14-16H,8,13H2,1-7H3. The van der Waals surface area contributed by atoms with Crippen LogP contribution in [0.3, 0.4) is 0 Å². The van der Waals surface area contributed by atoms with E-state index in [0.29, 0.717) is 12.2 Å². The maximum Gasteiger partial charge on any atom is 0.310 e. The van der Waals surface area contributed by atoms with Crippen LogP contribution < -0.4 is 4.74 Å². The molecule has 0 atom stereocenters. The molecule has 0 amide bonds. The van der Waals surface area contributed by atoms with Crippen molar-refractivity contribution in [2.45, 2.75) is 77.6 Å². The average molecular weight is 321 g/mol. The molecule has 1 rings (SSSR count). The lowest BCUT2D eigenvalue weighted by Gasteiger charge is -2.43. The van der Waals surface area contributed by atoms with Crippen molar-refractivity contribution >= 4 is 14.0 Å². The maximum atomic E-state index is 11.3. The molecular formula is C19H32O2Si. The summed E-state index contributed by atoms with van der Waals surface area (Å²) in [7, 11) is -1.43. The Morgan fingerprint density at radius 2 is 1.41 bits per heavy atom. The summed E-state index contributed by atoms with van der Waals surface area (Å²) < 4.78 is 5.26. The molecule has 0 aromatic heterocycles. The molecule has 0 aliphatic carbocycles. The fourth-order valence-electron chi connectivity index (χ4n) is 3.84. The monoisotopic (exact) mass is 320 g/mol. The number of esters is 1. The Morgan fingerprint density at radius 3 is 1.77 bits per heavy atom. The zero-order chi connectivity index (χ0) is 16.9. The molecule has 22 heavy (non-hydrogen) atoms. The lowest BCUT2D eigenvalue weighted by molar-refractivity contribution is -0.134. The van der Waals surface area contributed by atoms with Crippen LogP contribution in [-0.4, -0.2) is 14.0 Å². The molecular weight excluding hydrogens is 288 g/mol. The Labute approximate surface area is 137 Å². The minimum atomic E-state index is -1.43. The predicted octanol–water partition coefficient (Wildman–Crippen LogP) is 5.76. The van der Waals surface area contributed by atoms with E-state index in [0.717, 1.165) is 16.6 Å². The summed E-state index contributed by atoms with van der Waals surface area (Å²) in [6, 6.07) is 9.33. The third-order valence-electron chi connectivity index (χ3n) is 5.18. The van der Waals surface area contributed by atoms with Gasteiger partial charge in [0.05, 0.1) is 8.07 Å². The molecule has 0 heterocycles. The molecule has 0 bridgehead atoms. The summed E-state index contributed by atoms with van der Waals surface area (Å²) >= 11 is 0. The molecule has 0 spiro atoms. The number of rotatable bonds is 7. The molecule has 1 aromatic carbocycles. The molecule has 0 saturated carbocycles. The van der Waals surface area contributed by atoms with Gasteiger partial charge in [-0.25, -0.2) is 0 Å². The highest BCUT2D eigenvalue weighted by molar-refractivity contribution is 6.83. The van der Waals surface area contributed by atoms with Gasteiger partial charge in [-0.05, 0) is 18.2 Å². The van der Waals surface area contributed by atoms with Gasteiger partial charge in [-0.1, -0.05) is 82.8 Å². The molecule has 0 aliphatic heterocycles. The fraction of sp³-hybridized carbons (Fsp3) is 0.632. The number of carbonyl (C=O) groups excluding carboxylic acids is 1. The van der Waals surface area contributed by atoms with Gasteiger partial charge in [0.1, 0.15) is 5.75 Å². The van der Waals surface area contributed by atoms with Crippen LogP contribution in [0.1, 0.15) is 60.5 Å². The summed E-state index contributed by atoms with van der Waals surface area (Å²) in [5, 5.41) is 0. The van der Waals surface area contributed by atoms with E-state index in [9.17, 15) is 4.79 Å². The van der Waals surface area contributed by atoms with E-state index in [2.05, 4.69) is 53.7 Å². The number of hydrogen-bond donors (Lipinski definition) is 0. The summed E-state index contributed by atoms with van der Waals surface area (Å²) in [6.45, 7) is 16.2. The van der Waals surface area contributed by atoms with E-state index in [1.165, 1.54) is 11.6 Å². The van der Waals surface area contributed by atoms with Gasteiger partial charge < -0.3 is 4.74 Å². The van der Waals surface area contributed by atoms with Crippen molar-refractivity contribution in [1.82, 2.24) is 0 Å². The van der Waals surface area contributed by atoms with E-state index in [4.69, 9.17) is 4.74 Å². The summed E-state index contributed by atoms with van der Waals surface area (Å²) in [5.74, 6) is 0.476. The highest BCUT2D eigenvalue weighted by Crippen LogP contribution is 2.43. The number of ether oxygens (including phenoxy) is 1. The first-order valence-electron chi connectivity index (χ1n) is 8.53. The highest BCUT2D eigenvalue weighted by Gasteiger charge is 2.42. The van der Waals surface area contributed by atoms with E-state index < -0.39 is 8.07 Å². The molecule has 0 radical (unpaired) electrons. The number of hydrogen-bond acceptors (Lipinski definition) is 2. The van der Waals surface area contributed by atoms with Crippen molar-refractivity contribution in [3.63, 3.8) is 0 Å². The molecule has 124 valence electrons. The maximum absolute atomic E-state index is 11.3. The second-order valence-electron chi connectivity index (χ2n) is 7.22. The molecule has 0 fully saturated rings. The highest BCUT2D eigenvalue weighted by atomic mass is 28.3. The van der Waals surface area contributed by atoms with Crippen molar-refractivity contribution in [3.8, 4) is 5.75 Å². The third kappa shape index (κ3) is 4.22. The molecule has 1 aromatic rings. The lowest BCUT2D eigenvalue weighted by Crippen LogP contribution is -2.47. The average Bonchev–Trinajstić information content (AvgIpc) is 2.45. The van der Waals surface area contributed by atoms with Crippen LogP contribution in [0, 0.1) is 0 Å². The Balaban J connectivity index is 2.98. The summed E-state index contributed by atoms with van der Waals surface area (Å²) in [6.07, 6.45) is 0.409. The Hall–Kier alpha value is -1.09. The van der Waals surface area contributed by atoms with Crippen molar-refractivity contribution < 1.29 is 9.53 Å². The van der Waals surface area contributed by atoms with Gasteiger partial charge in [0.25, 0.3) is 0 Å². The smallest absolute Gasteiger partial charge is 0.310 e. The first-order valence-corrected chi connectivity index (χ1v) is 11.0. The van der Waals surface area contributed by atoms with Crippen LogP contribution >= 0.6 is 0 Å². The van der Waals surface area contributed by atoms with E-state index in [1.54, 1.807) is 0 Å². The first-order chi connectivity index (χ1) is 10.2. The molecule has 0 unspecified atom stereocenters. The van der Waals surface area contributed by atoms with Gasteiger partial charge >= 0.3 is 5.97 Å². The molecule has 0 saturated heterocycles. The van der Waals surface area contributed by atoms with Crippen molar-refractivity contribution in [2.24, 2.45) is 0 Å². The Bertz CT molecular complexity index is 453. The van der Waals surface area contributed by atoms with Crippen molar-refractivity contribution in [2.75, 3.05) is 0 Å². The molecule has 3 heteroatoms. The zero-order valence-electron chi connectivity index (χ0n) is 15.3. The van der Waals surface area contributed by atoms with Gasteiger partial charge in [0.15, 0.2) is 0 Å². The minimum Gasteiger partial charge on any atom is -0.427 e. The van der Waals surface area contributed by atoms with Crippen molar-refractivity contribution in [3.05, 3.63) is 29.8 Å². The van der Waals surface area contributed by atoms with Crippen LogP contribution in [0.25, 0.3) is 0 Å². The number of carbonyl (C=O) groups is 1. The largest absolute Gasteiger partial charge is 0.427 e. The van der Waals surface area contributed by atoms with Crippen LogP contribution in [-0.2, 0) is 10.8 Å². The van der Waals surface area contributed by atoms with Gasteiger partial charge in [-0.15, -0.1) is 0 Å². The normalized spacial score (nSPS) is 12.3. The van der Waals surface area contributed by atoms with E-state index in [1.807, 2.05) is 19.1 Å². The fourth-order valence-corrected chi connectivity index (χ4v) is 10.0. The van der Waals surface area contributed by atoms with Crippen LogP contribution in [0.15, 0.2) is 24.3 Å². The predicted molar refractivity (Wildman–Crippen MR) is 97.1 cm³/mol. The van der Waals surface area contributed by atoms with Crippen molar-refractivity contribution in [1.29, 1.82) is 0 Å². The first kappa shape index (κ1) is 19.0. The number of benzene rings is 1. The minimum absolute atomic E-state index is 0.178. The summed E-state index contributed by atoms with van der Waals surface area (Å²) in [4.78, 5) is 11.3. The second kappa shape index (κ2) is 7.96. The molecule has 2 nitrogen and oxygen atoms in total. The SMILES string of the molecule is CCC(=O)Oc1ccc(C[Si](C(C)C)(C(C)C)C(C)C)cc1. The van der Waals surface area contributed by atoms with Crippen LogP contribution in [0.5, 0.6) is 5.75 Å². The summed E-state index contributed by atoms with van der Waals surface area (Å²) in [5.41, 5.74) is 3.64. The van der Waals surface area contributed by atoms with Gasteiger partial charge in [0.2, 0.25) is 0 Å². The topological polar surface area (TPSA) is 26.3 Å². The van der Waals surface area contributed by atoms with Gasteiger partial charge in [0, 0.05) is 6.42 Å². The zero-order valence-corrected chi connectivity index (χ0v) is 16.3. The van der Waals surface area contributed by atoms with E-state index in [-0.39, 0.29) is 5.97 Å². The Kier molecular flexibility index (Phi) is 6.85. The Morgan fingerprint density at radius 1 is 0.955 bits per heavy atom. The molecule has 0 N–H and O–H groups in total. The van der Waals surface area contributed by atoms with Crippen LogP contribution in [0.2, 0.25) is 16.6 Å². The van der Waals surface area contributed by atoms with Crippen LogP contribution in [0.4, 0.5) is 0 Å². The lowest BCUT2D eigenvalue weighted by atomic mass is 10.2. The third-order valence-corrected chi connectivity index (χ3v) is 12.6. The second-order valence-corrected chi connectivity index (χ2v) is 13.3. The van der Waals surface area contributed by atoms with E-state index >= 15 is 0 Å². The molecule has 0 aliphatic rings. The van der Waals surface area contributed by atoms with Gasteiger partial charge in [-0.3, -0.25) is 4.79 Å².